The molecule has 0 aliphatic heterocycles. The summed E-state index contributed by atoms with van der Waals surface area (Å²) in [6, 6.07) is 56.0. The molecule has 0 heteroatoms. The number of hydrogen-bond acceptors (Lipinski definition) is 0. The molecule has 4 aliphatic rings. The minimum atomic E-state index is 0.180. The molecule has 0 unspecified atom stereocenters. The van der Waals surface area contributed by atoms with Crippen LogP contribution in [0.4, 0.5) is 0 Å². The molecular formula is C50H40. The predicted octanol–water partition coefficient (Wildman–Crippen LogP) is 13.5. The van der Waals surface area contributed by atoms with Crippen molar-refractivity contribution in [2.24, 2.45) is 0 Å². The van der Waals surface area contributed by atoms with Gasteiger partial charge in [0.15, 0.2) is 0 Å². The maximum absolute atomic E-state index is 2.54. The van der Waals surface area contributed by atoms with Crippen LogP contribution in [-0.4, -0.2) is 0 Å². The summed E-state index contributed by atoms with van der Waals surface area (Å²) >= 11 is 0. The summed E-state index contributed by atoms with van der Waals surface area (Å²) in [7, 11) is 0. The summed E-state index contributed by atoms with van der Waals surface area (Å²) in [5, 5.41) is 2.64. The van der Waals surface area contributed by atoms with E-state index in [4.69, 9.17) is 0 Å². The van der Waals surface area contributed by atoms with Crippen molar-refractivity contribution in [1.29, 1.82) is 0 Å². The van der Waals surface area contributed by atoms with Gasteiger partial charge in [-0.15, -0.1) is 0 Å². The van der Waals surface area contributed by atoms with E-state index in [1.807, 2.05) is 0 Å². The van der Waals surface area contributed by atoms with E-state index < -0.39 is 0 Å². The predicted molar refractivity (Wildman–Crippen MR) is 210 cm³/mol. The molecule has 2 fully saturated rings. The quantitative estimate of drug-likeness (QED) is 0.180. The first-order valence-corrected chi connectivity index (χ1v) is 18.9. The molecular weight excluding hydrogens is 601 g/mol. The summed E-state index contributed by atoms with van der Waals surface area (Å²) in [6.07, 6.45) is 10.3. The highest BCUT2D eigenvalue weighted by Crippen LogP contribution is 2.59. The second kappa shape index (κ2) is 10.6. The van der Waals surface area contributed by atoms with Crippen LogP contribution in [0.3, 0.4) is 0 Å². The Morgan fingerprint density at radius 1 is 0.280 bits per heavy atom. The van der Waals surface area contributed by atoms with Gasteiger partial charge in [-0.25, -0.2) is 0 Å². The summed E-state index contributed by atoms with van der Waals surface area (Å²) in [4.78, 5) is 0. The Morgan fingerprint density at radius 2 is 0.680 bits per heavy atom. The maximum Gasteiger partial charge on any atom is 0.0215 e. The first-order chi connectivity index (χ1) is 24.7. The number of benzene rings is 7. The van der Waals surface area contributed by atoms with Crippen LogP contribution in [0, 0.1) is 0 Å². The lowest BCUT2D eigenvalue weighted by molar-refractivity contribution is 0.550. The van der Waals surface area contributed by atoms with Crippen LogP contribution in [0.25, 0.3) is 66.4 Å². The minimum absolute atomic E-state index is 0.180. The average molecular weight is 641 g/mol. The Kier molecular flexibility index (Phi) is 6.10. The topological polar surface area (TPSA) is 0 Å². The van der Waals surface area contributed by atoms with E-state index >= 15 is 0 Å². The molecule has 0 aromatic heterocycles. The third-order valence-electron chi connectivity index (χ3n) is 13.2. The van der Waals surface area contributed by atoms with E-state index in [2.05, 4.69) is 146 Å². The molecule has 11 rings (SSSR count). The van der Waals surface area contributed by atoms with Crippen LogP contribution in [0.15, 0.2) is 146 Å². The van der Waals surface area contributed by atoms with Crippen molar-refractivity contribution in [2.45, 2.75) is 62.2 Å². The molecule has 0 atom stereocenters. The third-order valence-corrected chi connectivity index (χ3v) is 13.2. The highest BCUT2D eigenvalue weighted by atomic mass is 14.5. The molecule has 7 aromatic rings. The molecule has 0 bridgehead atoms. The first kappa shape index (κ1) is 28.6. The molecule has 0 amide bonds. The van der Waals surface area contributed by atoms with Crippen molar-refractivity contribution < 1.29 is 0 Å². The Bertz CT molecular complexity index is 2480. The number of hydrogen-bond donors (Lipinski definition) is 0. The third kappa shape index (κ3) is 3.88. The molecule has 50 heavy (non-hydrogen) atoms. The van der Waals surface area contributed by atoms with Gasteiger partial charge in [-0.2, -0.15) is 0 Å². The fourth-order valence-corrected chi connectivity index (χ4v) is 10.9. The number of rotatable bonds is 3. The van der Waals surface area contributed by atoms with Crippen molar-refractivity contribution in [3.05, 3.63) is 168 Å². The van der Waals surface area contributed by atoms with Gasteiger partial charge in [-0.05, 0) is 126 Å². The summed E-state index contributed by atoms with van der Waals surface area (Å²) in [5.41, 5.74) is 20.2. The first-order valence-electron chi connectivity index (χ1n) is 18.9. The van der Waals surface area contributed by atoms with Crippen molar-refractivity contribution in [1.82, 2.24) is 0 Å². The van der Waals surface area contributed by atoms with Crippen molar-refractivity contribution in [2.75, 3.05) is 0 Å². The van der Waals surface area contributed by atoms with Crippen LogP contribution >= 0.6 is 0 Å². The highest BCUT2D eigenvalue weighted by Gasteiger charge is 2.46. The lowest BCUT2D eigenvalue weighted by Gasteiger charge is -2.27. The van der Waals surface area contributed by atoms with Crippen LogP contribution in [-0.2, 0) is 10.8 Å². The van der Waals surface area contributed by atoms with Crippen LogP contribution in [0.2, 0.25) is 0 Å². The Morgan fingerprint density at radius 3 is 1.24 bits per heavy atom. The molecule has 2 saturated carbocycles. The molecule has 0 nitrogen and oxygen atoms in total. The van der Waals surface area contributed by atoms with Crippen molar-refractivity contribution in [3.63, 3.8) is 0 Å². The zero-order chi connectivity index (χ0) is 32.9. The second-order valence-corrected chi connectivity index (χ2v) is 15.5. The van der Waals surface area contributed by atoms with Crippen molar-refractivity contribution >= 4 is 10.8 Å². The van der Waals surface area contributed by atoms with Gasteiger partial charge in [0.05, 0.1) is 0 Å². The Hall–Kier alpha value is -5.20. The average Bonchev–Trinajstić information content (AvgIpc) is 3.99. The lowest BCUT2D eigenvalue weighted by atomic mass is 9.76. The van der Waals surface area contributed by atoms with Crippen LogP contribution in [0.5, 0.6) is 0 Å². The fourth-order valence-electron chi connectivity index (χ4n) is 10.9. The Labute approximate surface area is 295 Å². The molecule has 7 aromatic carbocycles. The number of fused-ring (bicyclic) bond motifs is 11. The van der Waals surface area contributed by atoms with Gasteiger partial charge in [-0.1, -0.05) is 159 Å². The standard InChI is InChI=1S/C50H40/c1-3-17-45-41(11-1)43-25-23-35(31-47(43)49(45)27-5-6-28-49)33-19-21-34(22-20-33)37-13-9-16-40-38(14-10-15-39(37)40)36-24-26-44-42-12-2-4-18-46(42)50(48(44)32-36)29-7-8-30-50/h1-4,9-26,31-32H,5-8,27-30H2. The van der Waals surface area contributed by atoms with Crippen molar-refractivity contribution in [3.8, 4) is 55.6 Å². The minimum Gasteiger partial charge on any atom is -0.0619 e. The van der Waals surface area contributed by atoms with Gasteiger partial charge >= 0.3 is 0 Å². The molecule has 4 aliphatic carbocycles. The van der Waals surface area contributed by atoms with E-state index in [1.165, 1.54) is 118 Å². The summed E-state index contributed by atoms with van der Waals surface area (Å²) in [6.45, 7) is 0. The zero-order valence-electron chi connectivity index (χ0n) is 28.5. The van der Waals surface area contributed by atoms with Crippen LogP contribution < -0.4 is 0 Å². The molecule has 0 heterocycles. The van der Waals surface area contributed by atoms with Gasteiger partial charge in [-0.3, -0.25) is 0 Å². The molecule has 2 spiro atoms. The van der Waals surface area contributed by atoms with Gasteiger partial charge in [0.2, 0.25) is 0 Å². The molecule has 0 N–H and O–H groups in total. The lowest BCUT2D eigenvalue weighted by Crippen LogP contribution is -2.20. The van der Waals surface area contributed by atoms with E-state index in [9.17, 15) is 0 Å². The zero-order valence-corrected chi connectivity index (χ0v) is 28.5. The van der Waals surface area contributed by atoms with Gasteiger partial charge < -0.3 is 0 Å². The van der Waals surface area contributed by atoms with E-state index in [0.29, 0.717) is 0 Å². The monoisotopic (exact) mass is 640 g/mol. The second-order valence-electron chi connectivity index (χ2n) is 15.5. The van der Waals surface area contributed by atoms with E-state index in [0.717, 1.165) is 0 Å². The van der Waals surface area contributed by atoms with E-state index in [-0.39, 0.29) is 10.8 Å². The maximum atomic E-state index is 2.54. The summed E-state index contributed by atoms with van der Waals surface area (Å²) in [5.74, 6) is 0. The van der Waals surface area contributed by atoms with Gasteiger partial charge in [0, 0.05) is 10.8 Å². The van der Waals surface area contributed by atoms with E-state index in [1.54, 1.807) is 22.3 Å². The molecule has 0 radical (unpaired) electrons. The van der Waals surface area contributed by atoms with Gasteiger partial charge in [0.1, 0.15) is 0 Å². The largest absolute Gasteiger partial charge is 0.0619 e. The SMILES string of the molecule is c1ccc2c(c1)-c1ccc(-c3ccc(-c4cccc5c(-c6ccc7c(c6)C6(CCCC6)c6ccccc6-7)cccc45)cc3)cc1C21CCCC1. The fraction of sp³-hybridized carbons (Fsp3) is 0.200. The Balaban J connectivity index is 0.966. The smallest absolute Gasteiger partial charge is 0.0215 e. The molecule has 0 saturated heterocycles. The highest BCUT2D eigenvalue weighted by molar-refractivity contribution is 6.05. The van der Waals surface area contributed by atoms with Crippen LogP contribution in [0.1, 0.15) is 73.6 Å². The molecule has 240 valence electrons. The summed E-state index contributed by atoms with van der Waals surface area (Å²) < 4.78 is 0. The normalized spacial score (nSPS) is 17.3. The van der Waals surface area contributed by atoms with Gasteiger partial charge in [0.25, 0.3) is 0 Å².